The lowest BCUT2D eigenvalue weighted by atomic mass is 10.3. The van der Waals surface area contributed by atoms with E-state index in [9.17, 15) is 4.79 Å². The van der Waals surface area contributed by atoms with Gasteiger partial charge in [-0.3, -0.25) is 4.79 Å². The summed E-state index contributed by atoms with van der Waals surface area (Å²) in [7, 11) is 2.00. The van der Waals surface area contributed by atoms with Crippen LogP contribution in [0.2, 0.25) is 0 Å². The van der Waals surface area contributed by atoms with Crippen LogP contribution in [0, 0.1) is 0 Å². The maximum Gasteiger partial charge on any atom is 0.266 e. The molecule has 0 atom stereocenters. The fraction of sp³-hybridized carbons (Fsp3) is 0.231. The first-order chi connectivity index (χ1) is 8.27. The van der Waals surface area contributed by atoms with Crippen molar-refractivity contribution in [1.82, 2.24) is 9.78 Å². The summed E-state index contributed by atoms with van der Waals surface area (Å²) in [6.07, 6.45) is 1.63. The van der Waals surface area contributed by atoms with Gasteiger partial charge < -0.3 is 4.90 Å². The number of hydrogen-bond donors (Lipinski definition) is 0. The van der Waals surface area contributed by atoms with Crippen molar-refractivity contribution >= 4 is 5.69 Å². The van der Waals surface area contributed by atoms with Crippen LogP contribution < -0.4 is 10.5 Å². The molecule has 0 saturated carbocycles. The van der Waals surface area contributed by atoms with Crippen LogP contribution >= 0.6 is 0 Å². The largest absolute Gasteiger partial charge is 0.373 e. The van der Waals surface area contributed by atoms with Crippen molar-refractivity contribution in [2.75, 3.05) is 18.5 Å². The topological polar surface area (TPSA) is 38.1 Å². The first kappa shape index (κ1) is 11.4. The normalized spacial score (nSPS) is 10.2. The highest BCUT2D eigenvalue weighted by molar-refractivity contribution is 5.44. The van der Waals surface area contributed by atoms with E-state index in [1.165, 1.54) is 10.7 Å². The number of para-hydroxylation sites is 1. The molecule has 0 aliphatic rings. The summed E-state index contributed by atoms with van der Waals surface area (Å²) >= 11 is 0. The smallest absolute Gasteiger partial charge is 0.266 e. The SMILES string of the molecule is CN(CCn1ncccc1=O)c1ccccc1. The molecule has 0 fully saturated rings. The lowest BCUT2D eigenvalue weighted by Crippen LogP contribution is -2.29. The molecule has 0 bridgehead atoms. The van der Waals surface area contributed by atoms with Gasteiger partial charge in [-0.2, -0.15) is 5.10 Å². The Morgan fingerprint density at radius 3 is 2.65 bits per heavy atom. The zero-order valence-corrected chi connectivity index (χ0v) is 9.78. The van der Waals surface area contributed by atoms with Crippen LogP contribution in [0.3, 0.4) is 0 Å². The Bertz CT molecular complexity index is 521. The van der Waals surface area contributed by atoms with Crippen molar-refractivity contribution in [3.8, 4) is 0 Å². The molecule has 2 aromatic rings. The third-order valence-electron chi connectivity index (χ3n) is 2.63. The Kier molecular flexibility index (Phi) is 3.55. The van der Waals surface area contributed by atoms with Crippen molar-refractivity contribution in [2.24, 2.45) is 0 Å². The van der Waals surface area contributed by atoms with Gasteiger partial charge in [0.25, 0.3) is 5.56 Å². The van der Waals surface area contributed by atoms with Gasteiger partial charge in [-0.1, -0.05) is 18.2 Å². The Balaban J connectivity index is 2.00. The van der Waals surface area contributed by atoms with Crippen LogP contribution in [-0.2, 0) is 6.54 Å². The second-order valence-electron chi connectivity index (χ2n) is 3.84. The Morgan fingerprint density at radius 1 is 1.18 bits per heavy atom. The zero-order valence-electron chi connectivity index (χ0n) is 9.78. The maximum absolute atomic E-state index is 11.5. The summed E-state index contributed by atoms with van der Waals surface area (Å²) in [6, 6.07) is 13.2. The Hall–Kier alpha value is -2.10. The molecule has 4 nitrogen and oxygen atoms in total. The molecule has 2 rings (SSSR count). The summed E-state index contributed by atoms with van der Waals surface area (Å²) in [5.41, 5.74) is 1.07. The lowest BCUT2D eigenvalue weighted by Gasteiger charge is -2.19. The molecular formula is C13H15N3O. The number of benzene rings is 1. The second kappa shape index (κ2) is 5.30. The summed E-state index contributed by atoms with van der Waals surface area (Å²) in [6.45, 7) is 1.34. The van der Waals surface area contributed by atoms with Crippen molar-refractivity contribution in [3.05, 3.63) is 59.0 Å². The van der Waals surface area contributed by atoms with Crippen LogP contribution in [0.15, 0.2) is 53.5 Å². The minimum Gasteiger partial charge on any atom is -0.373 e. The fourth-order valence-corrected chi connectivity index (χ4v) is 1.61. The molecule has 0 unspecified atom stereocenters. The van der Waals surface area contributed by atoms with Gasteiger partial charge in [0, 0.05) is 31.5 Å². The molecule has 0 spiro atoms. The first-order valence-corrected chi connectivity index (χ1v) is 5.56. The molecular weight excluding hydrogens is 214 g/mol. The number of anilines is 1. The number of likely N-dealkylation sites (N-methyl/N-ethyl adjacent to an activating group) is 1. The van der Waals surface area contributed by atoms with E-state index in [2.05, 4.69) is 10.00 Å². The molecule has 0 radical (unpaired) electrons. The van der Waals surface area contributed by atoms with Crippen LogP contribution in [0.25, 0.3) is 0 Å². The van der Waals surface area contributed by atoms with Gasteiger partial charge in [0.1, 0.15) is 0 Å². The van der Waals surface area contributed by atoms with Crippen molar-refractivity contribution in [1.29, 1.82) is 0 Å². The highest BCUT2D eigenvalue weighted by Gasteiger charge is 2.01. The first-order valence-electron chi connectivity index (χ1n) is 5.56. The van der Waals surface area contributed by atoms with Gasteiger partial charge >= 0.3 is 0 Å². The highest BCUT2D eigenvalue weighted by atomic mass is 16.1. The molecule has 0 saturated heterocycles. The summed E-state index contributed by atoms with van der Waals surface area (Å²) in [5, 5.41) is 4.02. The predicted molar refractivity (Wildman–Crippen MR) is 68.2 cm³/mol. The van der Waals surface area contributed by atoms with Crippen molar-refractivity contribution in [2.45, 2.75) is 6.54 Å². The van der Waals surface area contributed by atoms with E-state index in [4.69, 9.17) is 0 Å². The molecule has 0 aliphatic heterocycles. The van der Waals surface area contributed by atoms with Gasteiger partial charge in [-0.05, 0) is 18.2 Å². The van der Waals surface area contributed by atoms with E-state index in [1.807, 2.05) is 37.4 Å². The fourth-order valence-electron chi connectivity index (χ4n) is 1.61. The van der Waals surface area contributed by atoms with E-state index in [0.29, 0.717) is 6.54 Å². The van der Waals surface area contributed by atoms with Gasteiger partial charge in [-0.25, -0.2) is 4.68 Å². The van der Waals surface area contributed by atoms with Crippen LogP contribution in [-0.4, -0.2) is 23.4 Å². The van der Waals surface area contributed by atoms with Crippen LogP contribution in [0.1, 0.15) is 0 Å². The highest BCUT2D eigenvalue weighted by Crippen LogP contribution is 2.10. The van der Waals surface area contributed by atoms with Crippen molar-refractivity contribution in [3.63, 3.8) is 0 Å². The molecule has 1 aromatic heterocycles. The van der Waals surface area contributed by atoms with Gasteiger partial charge in [0.15, 0.2) is 0 Å². The van der Waals surface area contributed by atoms with E-state index < -0.39 is 0 Å². The van der Waals surface area contributed by atoms with E-state index in [-0.39, 0.29) is 5.56 Å². The van der Waals surface area contributed by atoms with E-state index in [1.54, 1.807) is 12.3 Å². The van der Waals surface area contributed by atoms with Gasteiger partial charge in [-0.15, -0.1) is 0 Å². The summed E-state index contributed by atoms with van der Waals surface area (Å²) in [4.78, 5) is 13.5. The number of nitrogens with zero attached hydrogens (tertiary/aromatic N) is 3. The standard InChI is InChI=1S/C13H15N3O/c1-15(12-6-3-2-4-7-12)10-11-16-13(17)8-5-9-14-16/h2-9H,10-11H2,1H3. The van der Waals surface area contributed by atoms with E-state index in [0.717, 1.165) is 12.2 Å². The third-order valence-corrected chi connectivity index (χ3v) is 2.63. The third kappa shape index (κ3) is 2.93. The van der Waals surface area contributed by atoms with Crippen LogP contribution in [0.5, 0.6) is 0 Å². The quantitative estimate of drug-likeness (QED) is 0.795. The molecule has 88 valence electrons. The maximum atomic E-state index is 11.5. The average molecular weight is 229 g/mol. The number of rotatable bonds is 4. The Morgan fingerprint density at radius 2 is 1.94 bits per heavy atom. The monoisotopic (exact) mass is 229 g/mol. The molecule has 0 amide bonds. The van der Waals surface area contributed by atoms with Crippen LogP contribution in [0.4, 0.5) is 5.69 Å². The Labute approximate surface area is 100 Å². The molecule has 17 heavy (non-hydrogen) atoms. The minimum absolute atomic E-state index is 0.0611. The molecule has 0 N–H and O–H groups in total. The molecule has 1 heterocycles. The molecule has 4 heteroatoms. The van der Waals surface area contributed by atoms with Gasteiger partial charge in [0.2, 0.25) is 0 Å². The number of aromatic nitrogens is 2. The van der Waals surface area contributed by atoms with Gasteiger partial charge in [0.05, 0.1) is 6.54 Å². The zero-order chi connectivity index (χ0) is 12.1. The number of hydrogen-bond acceptors (Lipinski definition) is 3. The lowest BCUT2D eigenvalue weighted by molar-refractivity contribution is 0.577. The average Bonchev–Trinajstić information content (AvgIpc) is 2.38. The van der Waals surface area contributed by atoms with Crippen molar-refractivity contribution < 1.29 is 0 Å². The minimum atomic E-state index is -0.0611. The molecule has 0 aliphatic carbocycles. The summed E-state index contributed by atoms with van der Waals surface area (Å²) in [5.74, 6) is 0. The summed E-state index contributed by atoms with van der Waals surface area (Å²) < 4.78 is 1.47. The van der Waals surface area contributed by atoms with E-state index >= 15 is 0 Å². The predicted octanol–water partition coefficient (Wildman–Crippen LogP) is 1.38. The second-order valence-corrected chi connectivity index (χ2v) is 3.84. The molecule has 1 aromatic carbocycles.